The fraction of sp³-hybridized carbons (Fsp3) is 0.238. The summed E-state index contributed by atoms with van der Waals surface area (Å²) in [6.07, 6.45) is 1.94. The fourth-order valence-corrected chi connectivity index (χ4v) is 2.68. The Morgan fingerprint density at radius 1 is 1.09 bits per heavy atom. The van der Waals surface area contributed by atoms with Crippen LogP contribution >= 0.6 is 23.2 Å². The summed E-state index contributed by atoms with van der Waals surface area (Å²) in [5.41, 5.74) is 3.10. The third-order valence-corrected chi connectivity index (χ3v) is 4.67. The highest BCUT2D eigenvalue weighted by atomic mass is 35.5. The summed E-state index contributed by atoms with van der Waals surface area (Å²) in [4.78, 5) is 35.4. The molecule has 3 N–H and O–H groups in total. The molecule has 0 saturated heterocycles. The van der Waals surface area contributed by atoms with Gasteiger partial charge in [0.2, 0.25) is 0 Å². The van der Waals surface area contributed by atoms with Crippen LogP contribution in [0.15, 0.2) is 47.6 Å². The van der Waals surface area contributed by atoms with Crippen LogP contribution in [0.3, 0.4) is 0 Å². The molecule has 0 bridgehead atoms. The van der Waals surface area contributed by atoms with E-state index < -0.39 is 17.7 Å². The predicted molar refractivity (Wildman–Crippen MR) is 122 cm³/mol. The number of hydrogen-bond donors (Lipinski definition) is 3. The van der Waals surface area contributed by atoms with Gasteiger partial charge >= 0.3 is 11.8 Å². The molecule has 9 nitrogen and oxygen atoms in total. The summed E-state index contributed by atoms with van der Waals surface area (Å²) in [5.74, 6) is -1.69. The van der Waals surface area contributed by atoms with Gasteiger partial charge in [0.15, 0.2) is 6.61 Å². The number of rotatable bonds is 10. The molecule has 170 valence electrons. The van der Waals surface area contributed by atoms with Crippen molar-refractivity contribution in [2.24, 2.45) is 5.10 Å². The Hall–Kier alpha value is -3.14. The van der Waals surface area contributed by atoms with E-state index in [9.17, 15) is 14.4 Å². The van der Waals surface area contributed by atoms with Crippen LogP contribution in [0, 0.1) is 0 Å². The van der Waals surface area contributed by atoms with E-state index in [1.165, 1.54) is 6.21 Å². The number of carbonyl (C=O) groups is 3. The molecule has 0 aliphatic carbocycles. The molecule has 2 aromatic carbocycles. The first-order chi connectivity index (χ1) is 15.4. The zero-order valence-electron chi connectivity index (χ0n) is 17.2. The van der Waals surface area contributed by atoms with E-state index in [1.54, 1.807) is 49.6 Å². The number of ether oxygens (including phenoxy) is 2. The van der Waals surface area contributed by atoms with Gasteiger partial charge < -0.3 is 20.1 Å². The lowest BCUT2D eigenvalue weighted by atomic mass is 10.2. The molecule has 0 saturated carbocycles. The Morgan fingerprint density at radius 3 is 2.66 bits per heavy atom. The Morgan fingerprint density at radius 2 is 1.88 bits per heavy atom. The minimum Gasteiger partial charge on any atom is -0.484 e. The lowest BCUT2D eigenvalue weighted by molar-refractivity contribution is -0.139. The van der Waals surface area contributed by atoms with Crippen LogP contribution in [0.2, 0.25) is 10.0 Å². The van der Waals surface area contributed by atoms with Crippen LogP contribution in [0.5, 0.6) is 5.75 Å². The Bertz CT molecular complexity index is 984. The van der Waals surface area contributed by atoms with E-state index in [-0.39, 0.29) is 11.6 Å². The van der Waals surface area contributed by atoms with Crippen molar-refractivity contribution in [2.75, 3.05) is 32.2 Å². The second-order valence-electron chi connectivity index (χ2n) is 6.31. The molecule has 0 spiro atoms. The summed E-state index contributed by atoms with van der Waals surface area (Å²) in [6, 6.07) is 11.6. The average Bonchev–Trinajstić information content (AvgIpc) is 2.78. The number of hydrazone groups is 1. The monoisotopic (exact) mass is 480 g/mol. The van der Waals surface area contributed by atoms with Crippen molar-refractivity contribution in [3.63, 3.8) is 0 Å². The highest BCUT2D eigenvalue weighted by Gasteiger charge is 2.11. The summed E-state index contributed by atoms with van der Waals surface area (Å²) in [7, 11) is 1.55. The molecule has 0 aliphatic rings. The molecule has 0 aromatic heterocycles. The molecule has 0 heterocycles. The summed E-state index contributed by atoms with van der Waals surface area (Å²) >= 11 is 12.0. The number of benzene rings is 2. The normalized spacial score (nSPS) is 10.6. The van der Waals surface area contributed by atoms with Crippen LogP contribution in [0.1, 0.15) is 12.0 Å². The Balaban J connectivity index is 1.81. The van der Waals surface area contributed by atoms with Gasteiger partial charge in [0.25, 0.3) is 5.91 Å². The predicted octanol–water partition coefficient (Wildman–Crippen LogP) is 2.61. The molecule has 2 rings (SSSR count). The molecule has 0 unspecified atom stereocenters. The number of halogens is 2. The number of nitrogens with zero attached hydrogens (tertiary/aromatic N) is 1. The van der Waals surface area contributed by atoms with Gasteiger partial charge in [-0.2, -0.15) is 5.10 Å². The van der Waals surface area contributed by atoms with Gasteiger partial charge in [0.05, 0.1) is 21.9 Å². The third-order valence-electron chi connectivity index (χ3n) is 3.85. The zero-order chi connectivity index (χ0) is 23.3. The standard InChI is InChI=1S/C21H22Cl2N4O5/c1-31-10-4-9-24-20(29)21(30)27-25-12-14-5-2-6-15(11-14)32-13-18(28)26-17-8-3-7-16(22)19(17)23/h2-3,5-8,11-12H,4,9-10,13H2,1H3,(H,24,29)(H,26,28)(H,27,30). The first kappa shape index (κ1) is 25.1. The van der Waals surface area contributed by atoms with Gasteiger partial charge in [-0.25, -0.2) is 5.43 Å². The maximum Gasteiger partial charge on any atom is 0.329 e. The van der Waals surface area contributed by atoms with Crippen LogP contribution in [0.25, 0.3) is 0 Å². The minimum atomic E-state index is -0.887. The highest BCUT2D eigenvalue weighted by Crippen LogP contribution is 2.29. The number of anilines is 1. The molecule has 3 amide bonds. The number of hydrogen-bond acceptors (Lipinski definition) is 6. The van der Waals surface area contributed by atoms with Gasteiger partial charge in [-0.1, -0.05) is 41.4 Å². The maximum absolute atomic E-state index is 12.1. The molecular formula is C21H22Cl2N4O5. The number of amides is 3. The second-order valence-corrected chi connectivity index (χ2v) is 7.10. The molecule has 32 heavy (non-hydrogen) atoms. The van der Waals surface area contributed by atoms with Crippen LogP contribution in [-0.2, 0) is 19.1 Å². The summed E-state index contributed by atoms with van der Waals surface area (Å²) in [6.45, 7) is 0.540. The van der Waals surface area contributed by atoms with Crippen LogP contribution in [0.4, 0.5) is 5.69 Å². The lowest BCUT2D eigenvalue weighted by Crippen LogP contribution is -2.38. The molecular weight excluding hydrogens is 459 g/mol. The van der Waals surface area contributed by atoms with Crippen molar-refractivity contribution < 1.29 is 23.9 Å². The Labute approximate surface area is 195 Å². The zero-order valence-corrected chi connectivity index (χ0v) is 18.7. The molecule has 0 aliphatic heterocycles. The van der Waals surface area contributed by atoms with Crippen molar-refractivity contribution in [1.82, 2.24) is 10.7 Å². The SMILES string of the molecule is COCCCNC(=O)C(=O)NN=Cc1cccc(OCC(=O)Nc2cccc(Cl)c2Cl)c1. The quantitative estimate of drug-likeness (QED) is 0.209. The highest BCUT2D eigenvalue weighted by molar-refractivity contribution is 6.44. The average molecular weight is 481 g/mol. The lowest BCUT2D eigenvalue weighted by Gasteiger charge is -2.09. The summed E-state index contributed by atoms with van der Waals surface area (Å²) < 4.78 is 10.3. The van der Waals surface area contributed by atoms with E-state index in [2.05, 4.69) is 21.2 Å². The molecule has 0 fully saturated rings. The van der Waals surface area contributed by atoms with E-state index >= 15 is 0 Å². The maximum atomic E-state index is 12.1. The molecule has 0 atom stereocenters. The van der Waals surface area contributed by atoms with Crippen molar-refractivity contribution in [2.45, 2.75) is 6.42 Å². The molecule has 2 aromatic rings. The fourth-order valence-electron chi connectivity index (χ4n) is 2.34. The second kappa shape index (κ2) is 13.3. The number of methoxy groups -OCH3 is 1. The van der Waals surface area contributed by atoms with Crippen LogP contribution in [-0.4, -0.2) is 50.8 Å². The molecule has 11 heteroatoms. The van der Waals surface area contributed by atoms with Gasteiger partial charge in [-0.15, -0.1) is 0 Å². The van der Waals surface area contributed by atoms with Crippen molar-refractivity contribution >= 4 is 52.8 Å². The first-order valence-corrected chi connectivity index (χ1v) is 10.2. The van der Waals surface area contributed by atoms with E-state index in [1.807, 2.05) is 0 Å². The number of carbonyl (C=O) groups excluding carboxylic acids is 3. The smallest absolute Gasteiger partial charge is 0.329 e. The first-order valence-electron chi connectivity index (χ1n) is 9.47. The van der Waals surface area contributed by atoms with E-state index in [0.29, 0.717) is 41.6 Å². The van der Waals surface area contributed by atoms with E-state index in [0.717, 1.165) is 0 Å². The van der Waals surface area contributed by atoms with Gasteiger partial charge in [0.1, 0.15) is 5.75 Å². The number of nitrogens with one attached hydrogen (secondary N) is 3. The van der Waals surface area contributed by atoms with Gasteiger partial charge in [-0.05, 0) is 36.2 Å². The van der Waals surface area contributed by atoms with Crippen LogP contribution < -0.4 is 20.8 Å². The van der Waals surface area contributed by atoms with Crippen molar-refractivity contribution in [3.8, 4) is 5.75 Å². The largest absolute Gasteiger partial charge is 0.484 e. The minimum absolute atomic E-state index is 0.242. The Kier molecular flexibility index (Phi) is 10.5. The van der Waals surface area contributed by atoms with Gasteiger partial charge in [0, 0.05) is 20.3 Å². The van der Waals surface area contributed by atoms with Gasteiger partial charge in [-0.3, -0.25) is 14.4 Å². The topological polar surface area (TPSA) is 118 Å². The summed E-state index contributed by atoms with van der Waals surface area (Å²) in [5, 5.41) is 9.38. The van der Waals surface area contributed by atoms with Crippen molar-refractivity contribution in [3.05, 3.63) is 58.1 Å². The molecule has 0 radical (unpaired) electrons. The van der Waals surface area contributed by atoms with Crippen molar-refractivity contribution in [1.29, 1.82) is 0 Å². The van der Waals surface area contributed by atoms with E-state index in [4.69, 9.17) is 32.7 Å². The third kappa shape index (κ3) is 8.54.